The molecule has 0 N–H and O–H groups in total. The molecule has 0 amide bonds. The predicted octanol–water partition coefficient (Wildman–Crippen LogP) is 2.58. The molecule has 3 aromatic heterocycles. The Morgan fingerprint density at radius 1 is 1.08 bits per heavy atom. The molecule has 0 radical (unpaired) electrons. The van der Waals surface area contributed by atoms with Gasteiger partial charge in [-0.15, -0.1) is 0 Å². The first-order chi connectivity index (χ1) is 17.5. The zero-order chi connectivity index (χ0) is 26.4. The summed E-state index contributed by atoms with van der Waals surface area (Å²) in [6.07, 6.45) is 3.05. The van der Waals surface area contributed by atoms with E-state index in [-0.39, 0.29) is 21.9 Å². The maximum atomic E-state index is 13.5. The number of morpholine rings is 1. The molecule has 0 spiro atoms. The van der Waals surface area contributed by atoms with Crippen LogP contribution in [0.3, 0.4) is 0 Å². The van der Waals surface area contributed by atoms with Crippen molar-refractivity contribution in [3.05, 3.63) is 46.6 Å². The van der Waals surface area contributed by atoms with Crippen molar-refractivity contribution in [1.82, 2.24) is 23.4 Å². The summed E-state index contributed by atoms with van der Waals surface area (Å²) < 4.78 is 37.3. The van der Waals surface area contributed by atoms with Gasteiger partial charge < -0.3 is 9.64 Å². The lowest BCUT2D eigenvalue weighted by atomic mass is 9.95. The molecule has 2 aliphatic rings. The zero-order valence-corrected chi connectivity index (χ0v) is 22.9. The molecule has 2 aliphatic heterocycles. The molecule has 0 aromatic carbocycles. The third-order valence-electron chi connectivity index (χ3n) is 7.13. The Kier molecular flexibility index (Phi) is 6.88. The monoisotopic (exact) mass is 528 g/mol. The van der Waals surface area contributed by atoms with E-state index in [2.05, 4.69) is 30.7 Å². The molecule has 2 saturated heterocycles. The minimum Gasteiger partial charge on any atom is -0.378 e. The molecule has 37 heavy (non-hydrogen) atoms. The van der Waals surface area contributed by atoms with Gasteiger partial charge >= 0.3 is 5.69 Å². The van der Waals surface area contributed by atoms with E-state index in [0.717, 1.165) is 43.0 Å². The predicted molar refractivity (Wildman–Crippen MR) is 142 cm³/mol. The van der Waals surface area contributed by atoms with E-state index in [1.165, 1.54) is 6.20 Å². The van der Waals surface area contributed by atoms with Crippen molar-refractivity contribution in [2.75, 3.05) is 44.3 Å². The molecule has 200 valence electrons. The summed E-state index contributed by atoms with van der Waals surface area (Å²) in [4.78, 5) is 24.5. The van der Waals surface area contributed by atoms with E-state index in [4.69, 9.17) is 9.72 Å². The zero-order valence-electron chi connectivity index (χ0n) is 22.1. The van der Waals surface area contributed by atoms with Gasteiger partial charge in [-0.2, -0.15) is 4.31 Å². The number of pyridine rings is 2. The number of rotatable bonds is 5. The Labute approximate surface area is 217 Å². The molecule has 0 bridgehead atoms. The van der Waals surface area contributed by atoms with Crippen molar-refractivity contribution < 1.29 is 13.2 Å². The van der Waals surface area contributed by atoms with Crippen molar-refractivity contribution >= 4 is 27.0 Å². The smallest absolute Gasteiger partial charge is 0.330 e. The highest BCUT2D eigenvalue weighted by Crippen LogP contribution is 2.31. The summed E-state index contributed by atoms with van der Waals surface area (Å²) in [5, 5.41) is 0. The minimum absolute atomic E-state index is 0.0467. The summed E-state index contributed by atoms with van der Waals surface area (Å²) in [5.41, 5.74) is 2.12. The van der Waals surface area contributed by atoms with Crippen LogP contribution in [0.25, 0.3) is 11.2 Å². The van der Waals surface area contributed by atoms with Crippen LogP contribution >= 0.6 is 0 Å². The van der Waals surface area contributed by atoms with E-state index in [9.17, 15) is 13.2 Å². The lowest BCUT2D eigenvalue weighted by molar-refractivity contribution is 0.122. The van der Waals surface area contributed by atoms with Gasteiger partial charge in [0.05, 0.1) is 18.7 Å². The highest BCUT2D eigenvalue weighted by molar-refractivity contribution is 7.89. The molecule has 11 heteroatoms. The van der Waals surface area contributed by atoms with E-state index in [1.54, 1.807) is 32.6 Å². The average molecular weight is 529 g/mol. The van der Waals surface area contributed by atoms with Crippen molar-refractivity contribution in [3.8, 4) is 0 Å². The lowest BCUT2D eigenvalue weighted by Crippen LogP contribution is -2.39. The second kappa shape index (κ2) is 9.85. The van der Waals surface area contributed by atoms with Crippen molar-refractivity contribution in [2.24, 2.45) is 12.5 Å². The molecular formula is C26H36N6O4S. The van der Waals surface area contributed by atoms with Crippen molar-refractivity contribution in [2.45, 2.75) is 51.0 Å². The van der Waals surface area contributed by atoms with Gasteiger partial charge in [0.15, 0.2) is 5.65 Å². The first-order valence-corrected chi connectivity index (χ1v) is 14.3. The molecule has 5 heterocycles. The van der Waals surface area contributed by atoms with Gasteiger partial charge in [0.2, 0.25) is 10.0 Å². The van der Waals surface area contributed by atoms with Crippen LogP contribution in [0.2, 0.25) is 0 Å². The SMILES string of the molecule is Cn1c(=O)n(CC(C)(C)C)c2ccc(C3CCCN(S(=O)(=O)c4ccc(N5CCOCC5)nc4)C3)nc21. The third kappa shape index (κ3) is 5.17. The fraction of sp³-hybridized carbons (Fsp3) is 0.577. The van der Waals surface area contributed by atoms with Gasteiger partial charge in [-0.25, -0.2) is 23.2 Å². The molecule has 5 rings (SSSR count). The summed E-state index contributed by atoms with van der Waals surface area (Å²) >= 11 is 0. The number of aryl methyl sites for hydroxylation is 1. The molecule has 0 saturated carbocycles. The van der Waals surface area contributed by atoms with Crippen LogP contribution in [-0.2, 0) is 28.4 Å². The van der Waals surface area contributed by atoms with Crippen LogP contribution in [0, 0.1) is 5.41 Å². The van der Waals surface area contributed by atoms with Crippen LogP contribution in [-0.4, -0.2) is 71.2 Å². The number of hydrogen-bond donors (Lipinski definition) is 0. The third-order valence-corrected chi connectivity index (χ3v) is 8.98. The number of ether oxygens (including phenoxy) is 1. The molecule has 10 nitrogen and oxygen atoms in total. The number of sulfonamides is 1. The summed E-state index contributed by atoms with van der Waals surface area (Å²) in [5.74, 6) is 0.717. The van der Waals surface area contributed by atoms with E-state index in [0.29, 0.717) is 38.5 Å². The fourth-order valence-corrected chi connectivity index (χ4v) is 6.67. The quantitative estimate of drug-likeness (QED) is 0.502. The maximum absolute atomic E-state index is 13.5. The van der Waals surface area contributed by atoms with Crippen molar-refractivity contribution in [3.63, 3.8) is 0 Å². The number of piperidine rings is 1. The van der Waals surface area contributed by atoms with Gasteiger partial charge in [0.1, 0.15) is 10.7 Å². The number of aromatic nitrogens is 4. The average Bonchev–Trinajstić information content (AvgIpc) is 3.12. The van der Waals surface area contributed by atoms with Crippen LogP contribution in [0.4, 0.5) is 5.82 Å². The van der Waals surface area contributed by atoms with Gasteiger partial charge in [-0.3, -0.25) is 9.13 Å². The number of fused-ring (bicyclic) bond motifs is 1. The highest BCUT2D eigenvalue weighted by atomic mass is 32.2. The van der Waals surface area contributed by atoms with Gasteiger partial charge in [-0.05, 0) is 42.5 Å². The minimum atomic E-state index is -3.68. The Balaban J connectivity index is 1.37. The first kappa shape index (κ1) is 25.9. The second-order valence-corrected chi connectivity index (χ2v) is 13.2. The summed E-state index contributed by atoms with van der Waals surface area (Å²) in [6.45, 7) is 10.5. The number of hydrogen-bond acceptors (Lipinski definition) is 7. The Bertz CT molecular complexity index is 1430. The fourth-order valence-electron chi connectivity index (χ4n) is 5.20. The van der Waals surface area contributed by atoms with Gasteiger partial charge in [0, 0.05) is 57.6 Å². The molecule has 0 aliphatic carbocycles. The van der Waals surface area contributed by atoms with Crippen LogP contribution < -0.4 is 10.6 Å². The number of nitrogens with zero attached hydrogens (tertiary/aromatic N) is 6. The Hall–Kier alpha value is -2.76. The summed E-state index contributed by atoms with van der Waals surface area (Å²) in [7, 11) is -1.94. The number of anilines is 1. The maximum Gasteiger partial charge on any atom is 0.330 e. The first-order valence-electron chi connectivity index (χ1n) is 12.9. The molecular weight excluding hydrogens is 492 g/mol. The van der Waals surface area contributed by atoms with E-state index in [1.807, 2.05) is 12.1 Å². The topological polar surface area (TPSA) is 103 Å². The van der Waals surface area contributed by atoms with Crippen molar-refractivity contribution in [1.29, 1.82) is 0 Å². The van der Waals surface area contributed by atoms with E-state index < -0.39 is 10.0 Å². The Morgan fingerprint density at radius 2 is 1.84 bits per heavy atom. The van der Waals surface area contributed by atoms with E-state index >= 15 is 0 Å². The molecule has 3 aromatic rings. The molecule has 1 unspecified atom stereocenters. The standard InChI is InChI=1S/C26H36N6O4S/c1-26(2,3)18-32-22-9-8-21(28-24(22)29(4)25(32)33)19-6-5-11-31(17-19)37(34,35)20-7-10-23(27-16-20)30-12-14-36-15-13-30/h7-10,16,19H,5-6,11-15,17-18H2,1-4H3. The van der Waals surface area contributed by atoms with Crippen LogP contribution in [0.5, 0.6) is 0 Å². The van der Waals surface area contributed by atoms with Gasteiger partial charge in [0.25, 0.3) is 0 Å². The van der Waals surface area contributed by atoms with Crippen LogP contribution in [0.1, 0.15) is 45.2 Å². The normalized spacial score (nSPS) is 20.0. The number of imidazole rings is 1. The Morgan fingerprint density at radius 3 is 2.51 bits per heavy atom. The summed E-state index contributed by atoms with van der Waals surface area (Å²) in [6, 6.07) is 7.32. The van der Waals surface area contributed by atoms with Crippen LogP contribution in [0.15, 0.2) is 40.2 Å². The molecule has 2 fully saturated rings. The second-order valence-electron chi connectivity index (χ2n) is 11.2. The lowest BCUT2D eigenvalue weighted by Gasteiger charge is -2.32. The highest BCUT2D eigenvalue weighted by Gasteiger charge is 2.32. The van der Waals surface area contributed by atoms with Gasteiger partial charge in [-0.1, -0.05) is 20.8 Å². The largest absolute Gasteiger partial charge is 0.378 e. The molecule has 1 atom stereocenters.